The van der Waals surface area contributed by atoms with Crippen molar-refractivity contribution in [3.63, 3.8) is 0 Å². The molecule has 1 unspecified atom stereocenters. The molecular weight excluding hydrogens is 224 g/mol. The number of halogens is 1. The zero-order chi connectivity index (χ0) is 8.27. The zero-order valence-electron chi connectivity index (χ0n) is 5.70. The molecule has 0 heterocycles. The smallest absolute Gasteiger partial charge is 0.137 e. The maximum atomic E-state index is 10.4. The lowest BCUT2D eigenvalue weighted by Crippen LogP contribution is -1.91. The van der Waals surface area contributed by atoms with Crippen LogP contribution in [0.3, 0.4) is 0 Å². The number of hydrogen-bond acceptors (Lipinski definition) is 2. The molecule has 0 saturated heterocycles. The predicted octanol–water partition coefficient (Wildman–Crippen LogP) is 2.62. The quantitative estimate of drug-likeness (QED) is 0.611. The zero-order valence-corrected chi connectivity index (χ0v) is 8.18. The van der Waals surface area contributed by atoms with E-state index in [-0.39, 0.29) is 5.25 Å². The van der Waals surface area contributed by atoms with Crippen LogP contribution in [-0.4, -0.2) is 6.29 Å². The Bertz CT molecular complexity index is 262. The molecule has 0 aliphatic rings. The van der Waals surface area contributed by atoms with Crippen LogP contribution in [0, 0.1) is 0 Å². The van der Waals surface area contributed by atoms with Crippen molar-refractivity contribution in [3.05, 3.63) is 34.3 Å². The fraction of sp³-hybridized carbons (Fsp3) is 0.125. The molecule has 58 valence electrons. The van der Waals surface area contributed by atoms with Gasteiger partial charge in [-0.3, -0.25) is 0 Å². The van der Waals surface area contributed by atoms with Crippen LogP contribution in [-0.2, 0) is 4.79 Å². The number of carbonyl (C=O) groups is 1. The summed E-state index contributed by atoms with van der Waals surface area (Å²) in [6.45, 7) is 0. The molecule has 0 amide bonds. The minimum atomic E-state index is -0.328. The molecule has 0 aliphatic heterocycles. The Kier molecular flexibility index (Phi) is 3.15. The van der Waals surface area contributed by atoms with Crippen molar-refractivity contribution in [1.82, 2.24) is 0 Å². The summed E-state index contributed by atoms with van der Waals surface area (Å²) in [5.74, 6) is 0. The van der Waals surface area contributed by atoms with Crippen LogP contribution < -0.4 is 0 Å². The fourth-order valence-corrected chi connectivity index (χ4v) is 1.72. The van der Waals surface area contributed by atoms with E-state index in [0.717, 1.165) is 16.3 Å². The molecule has 0 aliphatic carbocycles. The molecular formula is C8H7BrOS. The van der Waals surface area contributed by atoms with E-state index in [1.54, 1.807) is 0 Å². The summed E-state index contributed by atoms with van der Waals surface area (Å²) in [5, 5.41) is -0.328. The van der Waals surface area contributed by atoms with E-state index >= 15 is 0 Å². The van der Waals surface area contributed by atoms with Gasteiger partial charge in [-0.1, -0.05) is 34.1 Å². The van der Waals surface area contributed by atoms with E-state index in [9.17, 15) is 4.79 Å². The van der Waals surface area contributed by atoms with Gasteiger partial charge in [-0.05, 0) is 11.6 Å². The first-order valence-electron chi connectivity index (χ1n) is 3.13. The molecule has 0 radical (unpaired) electrons. The Morgan fingerprint density at radius 3 is 2.64 bits per heavy atom. The number of benzene rings is 1. The molecule has 1 atom stereocenters. The highest BCUT2D eigenvalue weighted by Crippen LogP contribution is 2.25. The van der Waals surface area contributed by atoms with Gasteiger partial charge in [-0.25, -0.2) is 0 Å². The Balaban J connectivity index is 3.02. The van der Waals surface area contributed by atoms with E-state index in [1.165, 1.54) is 0 Å². The molecule has 0 bridgehead atoms. The Labute approximate surface area is 79.3 Å². The van der Waals surface area contributed by atoms with E-state index in [2.05, 4.69) is 28.6 Å². The number of thiol groups is 1. The van der Waals surface area contributed by atoms with Crippen molar-refractivity contribution in [3.8, 4) is 0 Å². The van der Waals surface area contributed by atoms with Crippen molar-refractivity contribution in [2.45, 2.75) is 5.25 Å². The normalized spacial score (nSPS) is 12.5. The van der Waals surface area contributed by atoms with Gasteiger partial charge < -0.3 is 4.79 Å². The van der Waals surface area contributed by atoms with Gasteiger partial charge in [-0.15, -0.1) is 0 Å². The van der Waals surface area contributed by atoms with Crippen LogP contribution in [0.1, 0.15) is 10.8 Å². The van der Waals surface area contributed by atoms with Gasteiger partial charge in [0.15, 0.2) is 0 Å². The summed E-state index contributed by atoms with van der Waals surface area (Å²) >= 11 is 7.42. The summed E-state index contributed by atoms with van der Waals surface area (Å²) in [4.78, 5) is 10.4. The fourth-order valence-electron chi connectivity index (χ4n) is 0.788. The second-order valence-electron chi connectivity index (χ2n) is 2.10. The minimum absolute atomic E-state index is 0.328. The van der Waals surface area contributed by atoms with Crippen molar-refractivity contribution in [1.29, 1.82) is 0 Å². The van der Waals surface area contributed by atoms with Crippen molar-refractivity contribution >= 4 is 34.8 Å². The summed E-state index contributed by atoms with van der Waals surface area (Å²) in [6, 6.07) is 7.55. The molecule has 1 rings (SSSR count). The van der Waals surface area contributed by atoms with Crippen molar-refractivity contribution < 1.29 is 4.79 Å². The Morgan fingerprint density at radius 1 is 1.45 bits per heavy atom. The van der Waals surface area contributed by atoms with Gasteiger partial charge in [0.1, 0.15) is 6.29 Å². The first-order chi connectivity index (χ1) is 5.25. The van der Waals surface area contributed by atoms with Gasteiger partial charge in [-0.2, -0.15) is 12.6 Å². The summed E-state index contributed by atoms with van der Waals surface area (Å²) in [6.07, 6.45) is 0.809. The van der Waals surface area contributed by atoms with Crippen molar-refractivity contribution in [2.75, 3.05) is 0 Å². The average Bonchev–Trinajstić information content (AvgIpc) is 2.04. The summed E-state index contributed by atoms with van der Waals surface area (Å²) in [5.41, 5.74) is 0.908. The van der Waals surface area contributed by atoms with Crippen LogP contribution in [0.25, 0.3) is 0 Å². The van der Waals surface area contributed by atoms with Crippen LogP contribution in [0.2, 0.25) is 0 Å². The molecule has 1 nitrogen and oxygen atoms in total. The molecule has 0 N–H and O–H groups in total. The minimum Gasteiger partial charge on any atom is -0.302 e. The summed E-state index contributed by atoms with van der Waals surface area (Å²) < 4.78 is 0.923. The number of hydrogen-bond donors (Lipinski definition) is 1. The van der Waals surface area contributed by atoms with Crippen LogP contribution in [0.5, 0.6) is 0 Å². The molecule has 3 heteroatoms. The molecule has 11 heavy (non-hydrogen) atoms. The molecule has 1 aromatic rings. The molecule has 0 aromatic heterocycles. The van der Waals surface area contributed by atoms with Crippen molar-refractivity contribution in [2.24, 2.45) is 0 Å². The number of rotatable bonds is 2. The lowest BCUT2D eigenvalue weighted by atomic mass is 10.2. The monoisotopic (exact) mass is 230 g/mol. The van der Waals surface area contributed by atoms with Crippen LogP contribution in [0.4, 0.5) is 0 Å². The van der Waals surface area contributed by atoms with Crippen LogP contribution in [0.15, 0.2) is 28.7 Å². The number of carbonyl (C=O) groups excluding carboxylic acids is 1. The molecule has 0 spiro atoms. The topological polar surface area (TPSA) is 17.1 Å². The van der Waals surface area contributed by atoms with E-state index in [4.69, 9.17) is 0 Å². The van der Waals surface area contributed by atoms with E-state index < -0.39 is 0 Å². The van der Waals surface area contributed by atoms with Gasteiger partial charge in [0.2, 0.25) is 0 Å². The SMILES string of the molecule is O=CC(S)c1ccccc1Br. The lowest BCUT2D eigenvalue weighted by molar-refractivity contribution is -0.107. The Hall–Kier alpha value is -0.280. The third-order valence-electron chi connectivity index (χ3n) is 1.35. The second-order valence-corrected chi connectivity index (χ2v) is 3.51. The Morgan fingerprint density at radius 2 is 2.09 bits per heavy atom. The van der Waals surface area contributed by atoms with Gasteiger partial charge in [0.05, 0.1) is 5.25 Å². The maximum absolute atomic E-state index is 10.4. The first-order valence-corrected chi connectivity index (χ1v) is 4.44. The molecule has 0 saturated carbocycles. The molecule has 0 fully saturated rings. The highest BCUT2D eigenvalue weighted by Gasteiger charge is 2.06. The van der Waals surface area contributed by atoms with Gasteiger partial charge in [0.25, 0.3) is 0 Å². The standard InChI is InChI=1S/C8H7BrOS/c9-7-4-2-1-3-6(7)8(11)5-10/h1-5,8,11H. The van der Waals surface area contributed by atoms with E-state index in [0.29, 0.717) is 0 Å². The van der Waals surface area contributed by atoms with Gasteiger partial charge in [0, 0.05) is 4.47 Å². The highest BCUT2D eigenvalue weighted by molar-refractivity contribution is 9.10. The average molecular weight is 231 g/mol. The second kappa shape index (κ2) is 3.93. The first kappa shape index (κ1) is 8.81. The predicted molar refractivity (Wildman–Crippen MR) is 51.9 cm³/mol. The lowest BCUT2D eigenvalue weighted by Gasteiger charge is -2.04. The summed E-state index contributed by atoms with van der Waals surface area (Å²) in [7, 11) is 0. The third-order valence-corrected chi connectivity index (χ3v) is 2.47. The largest absolute Gasteiger partial charge is 0.302 e. The molecule has 1 aromatic carbocycles. The number of aldehydes is 1. The van der Waals surface area contributed by atoms with Crippen LogP contribution >= 0.6 is 28.6 Å². The van der Waals surface area contributed by atoms with Gasteiger partial charge >= 0.3 is 0 Å². The third kappa shape index (κ3) is 2.07. The van der Waals surface area contributed by atoms with E-state index in [1.807, 2.05) is 24.3 Å². The highest BCUT2D eigenvalue weighted by atomic mass is 79.9. The maximum Gasteiger partial charge on any atom is 0.137 e.